The van der Waals surface area contributed by atoms with Crippen LogP contribution in [-0.2, 0) is 9.53 Å². The molecule has 0 aromatic rings. The highest BCUT2D eigenvalue weighted by atomic mass is 16.5. The fourth-order valence-corrected chi connectivity index (χ4v) is 1.28. The van der Waals surface area contributed by atoms with Crippen molar-refractivity contribution in [1.82, 2.24) is 4.90 Å². The summed E-state index contributed by atoms with van der Waals surface area (Å²) < 4.78 is 4.86. The second-order valence-corrected chi connectivity index (χ2v) is 3.14. The molecule has 78 valence electrons. The quantitative estimate of drug-likeness (QED) is 0.372. The predicted octanol–water partition coefficient (Wildman–Crippen LogP) is 0.840. The van der Waals surface area contributed by atoms with Crippen molar-refractivity contribution >= 4 is 12.2 Å². The van der Waals surface area contributed by atoms with Crippen LogP contribution in [0.2, 0.25) is 0 Å². The van der Waals surface area contributed by atoms with Gasteiger partial charge in [0.15, 0.2) is 0 Å². The first kappa shape index (κ1) is 10.9. The van der Waals surface area contributed by atoms with Crippen molar-refractivity contribution in [2.24, 2.45) is 4.99 Å². The lowest BCUT2D eigenvalue weighted by atomic mass is 10.3. The molecule has 0 saturated carbocycles. The maximum absolute atomic E-state index is 10.7. The zero-order valence-electron chi connectivity index (χ0n) is 8.32. The van der Waals surface area contributed by atoms with E-state index in [1.165, 1.54) is 6.08 Å². The number of rotatable bonds is 5. The fourth-order valence-electron chi connectivity index (χ4n) is 1.28. The Balaban J connectivity index is 2.00. The second-order valence-electron chi connectivity index (χ2n) is 3.14. The van der Waals surface area contributed by atoms with Crippen molar-refractivity contribution in [3.63, 3.8) is 0 Å². The first-order valence-corrected chi connectivity index (χ1v) is 4.83. The van der Waals surface area contributed by atoms with Crippen LogP contribution in [0.15, 0.2) is 17.6 Å². The Hall–Kier alpha value is -1.16. The Morgan fingerprint density at radius 2 is 2.57 bits per heavy atom. The van der Waals surface area contributed by atoms with Crippen LogP contribution in [0.3, 0.4) is 0 Å². The highest BCUT2D eigenvalue weighted by molar-refractivity contribution is 5.81. The molecule has 0 spiro atoms. The fraction of sp³-hybridized carbons (Fsp3) is 0.600. The topological polar surface area (TPSA) is 41.9 Å². The van der Waals surface area contributed by atoms with Crippen molar-refractivity contribution in [2.75, 3.05) is 26.4 Å². The smallest absolute Gasteiger partial charge is 0.330 e. The van der Waals surface area contributed by atoms with Gasteiger partial charge in [-0.2, -0.15) is 0 Å². The van der Waals surface area contributed by atoms with E-state index in [0.717, 1.165) is 32.6 Å². The molecule has 0 aliphatic carbocycles. The molecule has 0 radical (unpaired) electrons. The molecule has 0 aromatic carbocycles. The minimum atomic E-state index is -0.346. The molecule has 0 fully saturated rings. The third kappa shape index (κ3) is 4.18. The van der Waals surface area contributed by atoms with Gasteiger partial charge in [0.2, 0.25) is 0 Å². The molecule has 1 aliphatic heterocycles. The first-order chi connectivity index (χ1) is 6.83. The minimum absolute atomic E-state index is 0.346. The van der Waals surface area contributed by atoms with Crippen molar-refractivity contribution in [3.8, 4) is 0 Å². The van der Waals surface area contributed by atoms with E-state index in [1.54, 1.807) is 0 Å². The number of esters is 1. The van der Waals surface area contributed by atoms with Crippen LogP contribution >= 0.6 is 0 Å². The zero-order chi connectivity index (χ0) is 10.2. The van der Waals surface area contributed by atoms with Gasteiger partial charge in [-0.1, -0.05) is 6.58 Å². The summed E-state index contributed by atoms with van der Waals surface area (Å²) in [6, 6.07) is 0. The molecule has 14 heavy (non-hydrogen) atoms. The van der Waals surface area contributed by atoms with Gasteiger partial charge in [-0.05, 0) is 12.8 Å². The van der Waals surface area contributed by atoms with Crippen LogP contribution in [0.1, 0.15) is 12.8 Å². The van der Waals surface area contributed by atoms with Gasteiger partial charge in [-0.25, -0.2) is 4.79 Å². The van der Waals surface area contributed by atoms with Gasteiger partial charge in [0.1, 0.15) is 0 Å². The Morgan fingerprint density at radius 3 is 3.21 bits per heavy atom. The summed E-state index contributed by atoms with van der Waals surface area (Å²) in [5.74, 6) is -0.346. The van der Waals surface area contributed by atoms with E-state index in [9.17, 15) is 4.79 Å². The number of hydrogen-bond donors (Lipinski definition) is 0. The predicted molar refractivity (Wildman–Crippen MR) is 55.3 cm³/mol. The molecular formula is C10H16N2O2. The molecule has 0 saturated heterocycles. The van der Waals surface area contributed by atoms with E-state index in [0.29, 0.717) is 6.61 Å². The first-order valence-electron chi connectivity index (χ1n) is 4.83. The van der Waals surface area contributed by atoms with Crippen LogP contribution in [0.25, 0.3) is 0 Å². The molecule has 1 rings (SSSR count). The molecule has 0 unspecified atom stereocenters. The van der Waals surface area contributed by atoms with Gasteiger partial charge in [-0.3, -0.25) is 9.89 Å². The van der Waals surface area contributed by atoms with Crippen LogP contribution in [-0.4, -0.2) is 43.4 Å². The van der Waals surface area contributed by atoms with Gasteiger partial charge >= 0.3 is 5.97 Å². The molecule has 1 aliphatic rings. The van der Waals surface area contributed by atoms with Crippen LogP contribution in [0.5, 0.6) is 0 Å². The van der Waals surface area contributed by atoms with Crippen molar-refractivity contribution in [2.45, 2.75) is 12.8 Å². The third-order valence-electron chi connectivity index (χ3n) is 2.01. The van der Waals surface area contributed by atoms with E-state index in [4.69, 9.17) is 4.74 Å². The molecule has 0 bridgehead atoms. The Morgan fingerprint density at radius 1 is 1.71 bits per heavy atom. The average Bonchev–Trinajstić information content (AvgIpc) is 2.25. The van der Waals surface area contributed by atoms with Gasteiger partial charge < -0.3 is 4.74 Å². The number of ether oxygens (including phenoxy) is 1. The van der Waals surface area contributed by atoms with Crippen molar-refractivity contribution in [3.05, 3.63) is 12.7 Å². The summed E-state index contributed by atoms with van der Waals surface area (Å²) >= 11 is 0. The Bertz CT molecular complexity index is 226. The van der Waals surface area contributed by atoms with E-state index in [2.05, 4.69) is 16.5 Å². The highest BCUT2D eigenvalue weighted by Crippen LogP contribution is 1.98. The SMILES string of the molecule is C=CC(=O)OCCCN1CCC=NC1. The molecule has 0 aromatic heterocycles. The molecule has 0 atom stereocenters. The third-order valence-corrected chi connectivity index (χ3v) is 2.01. The monoisotopic (exact) mass is 196 g/mol. The van der Waals surface area contributed by atoms with E-state index in [1.807, 2.05) is 6.21 Å². The van der Waals surface area contributed by atoms with Crippen molar-refractivity contribution < 1.29 is 9.53 Å². The van der Waals surface area contributed by atoms with Gasteiger partial charge in [0.05, 0.1) is 13.3 Å². The highest BCUT2D eigenvalue weighted by Gasteiger charge is 2.05. The molecule has 4 heteroatoms. The summed E-state index contributed by atoms with van der Waals surface area (Å²) in [5, 5.41) is 0. The lowest BCUT2D eigenvalue weighted by Crippen LogP contribution is -2.30. The molecule has 1 heterocycles. The van der Waals surface area contributed by atoms with Gasteiger partial charge in [0, 0.05) is 25.4 Å². The van der Waals surface area contributed by atoms with E-state index < -0.39 is 0 Å². The lowest BCUT2D eigenvalue weighted by Gasteiger charge is -2.21. The number of carbonyl (C=O) groups is 1. The Kier molecular flexibility index (Phi) is 4.93. The standard InChI is InChI=1S/C10H16N2O2/c1-2-10(13)14-8-4-7-12-6-3-5-11-9-12/h2,5H,1,3-4,6-9H2. The summed E-state index contributed by atoms with van der Waals surface area (Å²) in [4.78, 5) is 17.1. The maximum Gasteiger partial charge on any atom is 0.330 e. The molecule has 0 amide bonds. The zero-order valence-corrected chi connectivity index (χ0v) is 8.32. The lowest BCUT2D eigenvalue weighted by molar-refractivity contribution is -0.137. The van der Waals surface area contributed by atoms with Gasteiger partial charge in [0.25, 0.3) is 0 Å². The number of hydrogen-bond acceptors (Lipinski definition) is 4. The summed E-state index contributed by atoms with van der Waals surface area (Å²) in [6.07, 6.45) is 5.01. The normalized spacial score (nSPS) is 16.6. The minimum Gasteiger partial charge on any atom is -0.462 e. The average molecular weight is 196 g/mol. The molecular weight excluding hydrogens is 180 g/mol. The summed E-state index contributed by atoms with van der Waals surface area (Å²) in [6.45, 7) is 6.55. The van der Waals surface area contributed by atoms with Crippen LogP contribution in [0, 0.1) is 0 Å². The summed E-state index contributed by atoms with van der Waals surface area (Å²) in [5.41, 5.74) is 0. The molecule has 0 N–H and O–H groups in total. The van der Waals surface area contributed by atoms with Crippen LogP contribution in [0.4, 0.5) is 0 Å². The maximum atomic E-state index is 10.7. The number of aliphatic imine (C=N–C) groups is 1. The number of carbonyl (C=O) groups excluding carboxylic acids is 1. The van der Waals surface area contributed by atoms with E-state index in [-0.39, 0.29) is 5.97 Å². The van der Waals surface area contributed by atoms with Gasteiger partial charge in [-0.15, -0.1) is 0 Å². The largest absolute Gasteiger partial charge is 0.462 e. The summed E-state index contributed by atoms with van der Waals surface area (Å²) in [7, 11) is 0. The Labute approximate surface area is 84.3 Å². The molecule has 4 nitrogen and oxygen atoms in total. The second kappa shape index (κ2) is 6.32. The van der Waals surface area contributed by atoms with E-state index >= 15 is 0 Å². The van der Waals surface area contributed by atoms with Crippen LogP contribution < -0.4 is 0 Å². The number of nitrogens with zero attached hydrogens (tertiary/aromatic N) is 2. The van der Waals surface area contributed by atoms with Crippen molar-refractivity contribution in [1.29, 1.82) is 0 Å².